The van der Waals surface area contributed by atoms with Gasteiger partial charge in [-0.25, -0.2) is 5.43 Å². The van der Waals surface area contributed by atoms with Crippen molar-refractivity contribution in [1.29, 1.82) is 0 Å². The van der Waals surface area contributed by atoms with Crippen LogP contribution in [0.5, 0.6) is 11.5 Å². The number of rotatable bonds is 7. The molecule has 0 aliphatic carbocycles. The van der Waals surface area contributed by atoms with E-state index in [4.69, 9.17) is 9.47 Å². The van der Waals surface area contributed by atoms with E-state index in [1.54, 1.807) is 27.2 Å². The molecule has 0 aliphatic heterocycles. The van der Waals surface area contributed by atoms with Gasteiger partial charge in [-0.15, -0.1) is 0 Å². The fraction of sp³-hybridized carbons (Fsp3) is 0.182. The van der Waals surface area contributed by atoms with Crippen molar-refractivity contribution in [1.82, 2.24) is 5.43 Å². The normalized spacial score (nSPS) is 12.0. The number of methoxy groups -OCH3 is 2. The van der Waals surface area contributed by atoms with Crippen LogP contribution in [0.4, 0.5) is 5.69 Å². The summed E-state index contributed by atoms with van der Waals surface area (Å²) in [5.41, 5.74) is 4.17. The van der Waals surface area contributed by atoms with Crippen LogP contribution in [-0.4, -0.2) is 32.4 Å². The summed E-state index contributed by atoms with van der Waals surface area (Å²) >= 11 is 3.43. The Morgan fingerprint density at radius 3 is 2.55 bits per heavy atom. The van der Waals surface area contributed by atoms with Crippen LogP contribution in [0, 0.1) is 0 Å². The number of nitrogens with zero attached hydrogens (tertiary/aromatic N) is 1. The van der Waals surface area contributed by atoms with Crippen LogP contribution in [-0.2, 0) is 4.79 Å². The molecule has 0 saturated carbocycles. The summed E-state index contributed by atoms with van der Waals surface area (Å²) in [7, 11) is 3.15. The summed E-state index contributed by atoms with van der Waals surface area (Å²) in [5, 5.41) is 9.48. The van der Waals surface area contributed by atoms with E-state index in [1.807, 2.05) is 48.5 Å². The first-order valence-corrected chi connectivity index (χ1v) is 9.81. The van der Waals surface area contributed by atoms with Crippen molar-refractivity contribution in [3.63, 3.8) is 0 Å². The van der Waals surface area contributed by atoms with Crippen molar-refractivity contribution in [2.24, 2.45) is 5.10 Å². The molecule has 150 valence electrons. The van der Waals surface area contributed by atoms with E-state index in [9.17, 15) is 4.79 Å². The maximum absolute atomic E-state index is 12.4. The van der Waals surface area contributed by atoms with Crippen molar-refractivity contribution < 1.29 is 14.3 Å². The van der Waals surface area contributed by atoms with Crippen molar-refractivity contribution in [2.75, 3.05) is 19.5 Å². The molecule has 0 heterocycles. The highest BCUT2D eigenvalue weighted by atomic mass is 79.9. The van der Waals surface area contributed by atoms with E-state index in [2.05, 4.69) is 31.8 Å². The molecule has 7 heteroatoms. The minimum absolute atomic E-state index is 0.249. The fourth-order valence-electron chi connectivity index (χ4n) is 2.90. The number of carbonyl (C=O) groups is 1. The van der Waals surface area contributed by atoms with E-state index in [0.717, 1.165) is 20.9 Å². The number of benzene rings is 3. The van der Waals surface area contributed by atoms with E-state index >= 15 is 0 Å². The molecule has 0 saturated heterocycles. The molecule has 3 aromatic rings. The molecule has 2 N–H and O–H groups in total. The molecule has 0 fully saturated rings. The third kappa shape index (κ3) is 4.86. The smallest absolute Gasteiger partial charge is 0.262 e. The number of halogens is 1. The predicted molar refractivity (Wildman–Crippen MR) is 120 cm³/mol. The predicted octanol–water partition coefficient (Wildman–Crippen LogP) is 4.57. The lowest BCUT2D eigenvalue weighted by Gasteiger charge is -2.15. The summed E-state index contributed by atoms with van der Waals surface area (Å²) in [6, 6.07) is 17.1. The summed E-state index contributed by atoms with van der Waals surface area (Å²) in [4.78, 5) is 12.4. The quantitative estimate of drug-likeness (QED) is 0.404. The Balaban J connectivity index is 1.68. The second kappa shape index (κ2) is 9.43. The fourth-order valence-corrected chi connectivity index (χ4v) is 3.42. The standard InChI is InChI=1S/C22H22BrN3O3/c1-14(25-19-10-6-8-15-7-4-5-9-17(15)19)22(27)26-24-13-16-11-18(23)21(29-3)12-20(16)28-2/h4-14,25H,1-3H3,(H,26,27)/b24-13-/t14-/m1/s1. The van der Waals surface area contributed by atoms with Gasteiger partial charge in [0.05, 0.1) is 24.9 Å². The maximum Gasteiger partial charge on any atom is 0.262 e. The van der Waals surface area contributed by atoms with Crippen LogP contribution in [0.3, 0.4) is 0 Å². The topological polar surface area (TPSA) is 72.0 Å². The first kappa shape index (κ1) is 20.7. The molecule has 6 nitrogen and oxygen atoms in total. The molecule has 1 atom stereocenters. The third-order valence-corrected chi connectivity index (χ3v) is 5.06. The number of amides is 1. The van der Waals surface area contributed by atoms with Crippen molar-refractivity contribution >= 4 is 44.5 Å². The molecule has 0 bridgehead atoms. The molecular formula is C22H22BrN3O3. The number of ether oxygens (including phenoxy) is 2. The van der Waals surface area contributed by atoms with Gasteiger partial charge in [0.2, 0.25) is 0 Å². The molecule has 1 amide bonds. The van der Waals surface area contributed by atoms with Gasteiger partial charge >= 0.3 is 0 Å². The third-order valence-electron chi connectivity index (χ3n) is 4.44. The number of hydrazone groups is 1. The Kier molecular flexibility index (Phi) is 6.72. The van der Waals surface area contributed by atoms with Gasteiger partial charge in [0.25, 0.3) is 5.91 Å². The lowest BCUT2D eigenvalue weighted by Crippen LogP contribution is -2.34. The number of hydrogen-bond donors (Lipinski definition) is 2. The zero-order valence-corrected chi connectivity index (χ0v) is 18.0. The van der Waals surface area contributed by atoms with E-state index < -0.39 is 6.04 Å². The highest BCUT2D eigenvalue weighted by molar-refractivity contribution is 9.10. The highest BCUT2D eigenvalue weighted by Gasteiger charge is 2.13. The largest absolute Gasteiger partial charge is 0.496 e. The van der Waals surface area contributed by atoms with Crippen LogP contribution in [0.15, 0.2) is 64.2 Å². The average molecular weight is 456 g/mol. The zero-order valence-electron chi connectivity index (χ0n) is 16.4. The van der Waals surface area contributed by atoms with Crippen LogP contribution in [0.2, 0.25) is 0 Å². The van der Waals surface area contributed by atoms with Gasteiger partial charge in [0.15, 0.2) is 0 Å². The lowest BCUT2D eigenvalue weighted by molar-refractivity contribution is -0.121. The minimum atomic E-state index is -0.470. The number of nitrogens with one attached hydrogen (secondary N) is 2. The summed E-state index contributed by atoms with van der Waals surface area (Å²) in [6.07, 6.45) is 1.53. The van der Waals surface area contributed by atoms with Gasteiger partial charge < -0.3 is 14.8 Å². The van der Waals surface area contributed by atoms with E-state index in [-0.39, 0.29) is 5.91 Å². The van der Waals surface area contributed by atoms with Gasteiger partial charge in [-0.2, -0.15) is 5.10 Å². The van der Waals surface area contributed by atoms with Crippen LogP contribution in [0.1, 0.15) is 12.5 Å². The SMILES string of the molecule is COc1cc(OC)c(/C=N\NC(=O)[C@@H](C)Nc2cccc3ccccc23)cc1Br. The monoisotopic (exact) mass is 455 g/mol. The number of carbonyl (C=O) groups excluding carboxylic acids is 1. The second-order valence-corrected chi connectivity index (χ2v) is 7.21. The molecule has 0 aromatic heterocycles. The van der Waals surface area contributed by atoms with Crippen LogP contribution < -0.4 is 20.2 Å². The second-order valence-electron chi connectivity index (χ2n) is 6.36. The van der Waals surface area contributed by atoms with Crippen molar-refractivity contribution in [2.45, 2.75) is 13.0 Å². The summed E-state index contributed by atoms with van der Waals surface area (Å²) in [6.45, 7) is 1.79. The molecule has 0 radical (unpaired) electrons. The Morgan fingerprint density at radius 2 is 1.79 bits per heavy atom. The summed E-state index contributed by atoms with van der Waals surface area (Å²) < 4.78 is 11.4. The summed E-state index contributed by atoms with van der Waals surface area (Å²) in [5.74, 6) is 0.988. The van der Waals surface area contributed by atoms with Gasteiger partial charge in [-0.05, 0) is 40.4 Å². The number of hydrogen-bond acceptors (Lipinski definition) is 5. The molecule has 0 aliphatic rings. The highest BCUT2D eigenvalue weighted by Crippen LogP contribution is 2.32. The molecule has 0 spiro atoms. The molecule has 29 heavy (non-hydrogen) atoms. The van der Waals surface area contributed by atoms with Gasteiger partial charge in [0.1, 0.15) is 17.5 Å². The first-order chi connectivity index (χ1) is 14.0. The average Bonchev–Trinajstić information content (AvgIpc) is 2.74. The van der Waals surface area contributed by atoms with E-state index in [0.29, 0.717) is 17.1 Å². The Hall–Kier alpha value is -3.06. The van der Waals surface area contributed by atoms with Gasteiger partial charge in [-0.1, -0.05) is 36.4 Å². The molecule has 0 unspecified atom stereocenters. The number of anilines is 1. The van der Waals surface area contributed by atoms with Crippen molar-refractivity contribution in [3.05, 3.63) is 64.6 Å². The van der Waals surface area contributed by atoms with Crippen LogP contribution in [0.25, 0.3) is 10.8 Å². The number of fused-ring (bicyclic) bond motifs is 1. The molecule has 3 rings (SSSR count). The van der Waals surface area contributed by atoms with Gasteiger partial charge in [0, 0.05) is 22.7 Å². The Morgan fingerprint density at radius 1 is 1.07 bits per heavy atom. The van der Waals surface area contributed by atoms with Gasteiger partial charge in [-0.3, -0.25) is 4.79 Å². The maximum atomic E-state index is 12.4. The lowest BCUT2D eigenvalue weighted by atomic mass is 10.1. The van der Waals surface area contributed by atoms with Crippen LogP contribution >= 0.6 is 15.9 Å². The zero-order chi connectivity index (χ0) is 20.8. The van der Waals surface area contributed by atoms with E-state index in [1.165, 1.54) is 6.21 Å². The first-order valence-electron chi connectivity index (χ1n) is 9.02. The molecule has 3 aromatic carbocycles. The van der Waals surface area contributed by atoms with Crippen molar-refractivity contribution in [3.8, 4) is 11.5 Å². The Bertz CT molecular complexity index is 1050. The Labute approximate surface area is 178 Å². The molecular weight excluding hydrogens is 434 g/mol. The minimum Gasteiger partial charge on any atom is -0.496 e.